The number of carbonyl (C=O) groups excluding carboxylic acids is 1. The van der Waals surface area contributed by atoms with Crippen LogP contribution in [0.25, 0.3) is 11.3 Å². The minimum atomic E-state index is -4.50. The van der Waals surface area contributed by atoms with E-state index in [1.807, 2.05) is 12.1 Å². The maximum absolute atomic E-state index is 13.2. The maximum Gasteiger partial charge on any atom is 0.417 e. The predicted molar refractivity (Wildman–Crippen MR) is 122 cm³/mol. The fourth-order valence-electron chi connectivity index (χ4n) is 3.79. The Morgan fingerprint density at radius 1 is 1.06 bits per heavy atom. The van der Waals surface area contributed by atoms with Crippen LogP contribution in [0.5, 0.6) is 0 Å². The number of nitrogens with two attached hydrogens (primary N) is 1. The third kappa shape index (κ3) is 4.89. The Bertz CT molecular complexity index is 1180. The first kappa shape index (κ1) is 23.3. The van der Waals surface area contributed by atoms with Crippen LogP contribution >= 0.6 is 11.6 Å². The second kappa shape index (κ2) is 8.15. The Morgan fingerprint density at radius 3 is 2.18 bits per heavy atom. The summed E-state index contributed by atoms with van der Waals surface area (Å²) in [7, 11) is 0. The Labute approximate surface area is 195 Å². The number of nitrogens with zero attached hydrogens (tertiary/aromatic N) is 1. The van der Waals surface area contributed by atoms with Gasteiger partial charge in [-0.2, -0.15) is 13.2 Å². The molecule has 1 amide bonds. The van der Waals surface area contributed by atoms with Crippen LogP contribution in [0.15, 0.2) is 60.8 Å². The average molecular weight is 474 g/mol. The van der Waals surface area contributed by atoms with Gasteiger partial charge >= 0.3 is 6.18 Å². The molecule has 1 aromatic heterocycles. The molecule has 4 nitrogen and oxygen atoms in total. The Balaban J connectivity index is 1.61. The van der Waals surface area contributed by atoms with E-state index in [4.69, 9.17) is 17.3 Å². The number of alkyl halides is 3. The molecule has 0 radical (unpaired) electrons. The summed E-state index contributed by atoms with van der Waals surface area (Å²) in [5.41, 5.74) is 6.66. The molecule has 2 aromatic carbocycles. The summed E-state index contributed by atoms with van der Waals surface area (Å²) in [4.78, 5) is 16.8. The number of amides is 1. The van der Waals surface area contributed by atoms with Crippen LogP contribution in [-0.2, 0) is 17.3 Å². The summed E-state index contributed by atoms with van der Waals surface area (Å²) in [5, 5.41) is 3.65. The monoisotopic (exact) mass is 473 g/mol. The van der Waals surface area contributed by atoms with Crippen LogP contribution in [0.3, 0.4) is 0 Å². The molecule has 3 N–H and O–H groups in total. The molecule has 8 heteroatoms. The van der Waals surface area contributed by atoms with E-state index in [9.17, 15) is 18.0 Å². The zero-order valence-corrected chi connectivity index (χ0v) is 18.9. The third-order valence-electron chi connectivity index (χ3n) is 5.83. The zero-order valence-electron chi connectivity index (χ0n) is 18.1. The van der Waals surface area contributed by atoms with Crippen molar-refractivity contribution in [1.29, 1.82) is 0 Å². The van der Waals surface area contributed by atoms with E-state index < -0.39 is 22.8 Å². The predicted octanol–water partition coefficient (Wildman–Crippen LogP) is 6.03. The van der Waals surface area contributed by atoms with E-state index in [0.717, 1.165) is 30.7 Å². The van der Waals surface area contributed by atoms with Crippen molar-refractivity contribution in [2.24, 2.45) is 5.73 Å². The maximum atomic E-state index is 13.2. The number of pyridine rings is 1. The van der Waals surface area contributed by atoms with Gasteiger partial charge in [0.2, 0.25) is 0 Å². The van der Waals surface area contributed by atoms with E-state index >= 15 is 0 Å². The SMILES string of the molecule is CC(C)(N)c1cc(C(F)(F)F)cnc1-c1ccc(C2(NC(=O)c3ccc(Cl)cc3)CC2)cc1. The van der Waals surface area contributed by atoms with Crippen molar-refractivity contribution in [3.8, 4) is 11.3 Å². The number of aromatic nitrogens is 1. The highest BCUT2D eigenvalue weighted by molar-refractivity contribution is 6.30. The van der Waals surface area contributed by atoms with Crippen molar-refractivity contribution < 1.29 is 18.0 Å². The lowest BCUT2D eigenvalue weighted by atomic mass is 9.89. The van der Waals surface area contributed by atoms with Crippen molar-refractivity contribution in [1.82, 2.24) is 10.3 Å². The number of rotatable bonds is 5. The van der Waals surface area contributed by atoms with E-state index in [1.54, 1.807) is 50.2 Å². The lowest BCUT2D eigenvalue weighted by Crippen LogP contribution is -2.34. The van der Waals surface area contributed by atoms with Gasteiger partial charge < -0.3 is 11.1 Å². The van der Waals surface area contributed by atoms with Gasteiger partial charge in [0.25, 0.3) is 5.91 Å². The minimum absolute atomic E-state index is 0.190. The van der Waals surface area contributed by atoms with Crippen molar-refractivity contribution in [2.45, 2.75) is 43.9 Å². The van der Waals surface area contributed by atoms with E-state index in [0.29, 0.717) is 27.4 Å². The molecule has 172 valence electrons. The highest BCUT2D eigenvalue weighted by atomic mass is 35.5. The van der Waals surface area contributed by atoms with E-state index in [1.165, 1.54) is 0 Å². The van der Waals surface area contributed by atoms with Crippen LogP contribution in [0, 0.1) is 0 Å². The molecule has 1 aliphatic rings. The largest absolute Gasteiger partial charge is 0.417 e. The number of nitrogens with one attached hydrogen (secondary N) is 1. The van der Waals surface area contributed by atoms with Crippen molar-refractivity contribution in [3.63, 3.8) is 0 Å². The average Bonchev–Trinajstić information content (AvgIpc) is 3.53. The Hall–Kier alpha value is -2.90. The van der Waals surface area contributed by atoms with Gasteiger partial charge in [-0.15, -0.1) is 0 Å². The molecule has 0 atom stereocenters. The highest BCUT2D eigenvalue weighted by Gasteiger charge is 2.45. The molecule has 1 heterocycles. The molecule has 33 heavy (non-hydrogen) atoms. The van der Waals surface area contributed by atoms with Crippen LogP contribution in [0.1, 0.15) is 53.7 Å². The molecule has 1 fully saturated rings. The lowest BCUT2D eigenvalue weighted by Gasteiger charge is -2.24. The zero-order chi connectivity index (χ0) is 24.0. The molecule has 0 saturated heterocycles. The van der Waals surface area contributed by atoms with Crippen molar-refractivity contribution in [2.75, 3.05) is 0 Å². The number of carbonyl (C=O) groups is 1. The lowest BCUT2D eigenvalue weighted by molar-refractivity contribution is -0.137. The third-order valence-corrected chi connectivity index (χ3v) is 6.08. The van der Waals surface area contributed by atoms with Gasteiger partial charge in [0.15, 0.2) is 0 Å². The van der Waals surface area contributed by atoms with Gasteiger partial charge in [0.05, 0.1) is 16.8 Å². The number of hydrogen-bond acceptors (Lipinski definition) is 3. The molecule has 3 aromatic rings. The topological polar surface area (TPSA) is 68.0 Å². The molecule has 1 saturated carbocycles. The molecule has 0 aliphatic heterocycles. The molecule has 0 unspecified atom stereocenters. The smallest absolute Gasteiger partial charge is 0.343 e. The fraction of sp³-hybridized carbons (Fsp3) is 0.280. The molecule has 4 rings (SSSR count). The van der Waals surface area contributed by atoms with Crippen LogP contribution in [0.2, 0.25) is 5.02 Å². The van der Waals surface area contributed by atoms with Gasteiger partial charge in [-0.25, -0.2) is 0 Å². The first-order valence-electron chi connectivity index (χ1n) is 10.4. The standard InChI is InChI=1S/C25H23ClF3N3O/c1-23(2,30)20-13-18(25(27,28)29)14-31-21(20)15-3-7-17(8-4-15)24(11-12-24)32-22(33)16-5-9-19(26)10-6-16/h3-10,13-14H,11-12,30H2,1-2H3,(H,32,33). The number of benzene rings is 2. The van der Waals surface area contributed by atoms with Crippen molar-refractivity contribution >= 4 is 17.5 Å². The summed E-state index contributed by atoms with van der Waals surface area (Å²) in [6.45, 7) is 3.29. The van der Waals surface area contributed by atoms with Gasteiger partial charge in [0.1, 0.15) is 0 Å². The number of hydrogen-bond donors (Lipinski definition) is 2. The van der Waals surface area contributed by atoms with E-state index in [2.05, 4.69) is 10.3 Å². The molecular formula is C25H23ClF3N3O. The van der Waals surface area contributed by atoms with Gasteiger partial charge in [0, 0.05) is 27.9 Å². The minimum Gasteiger partial charge on any atom is -0.343 e. The van der Waals surface area contributed by atoms with Crippen LogP contribution in [0.4, 0.5) is 13.2 Å². The summed E-state index contributed by atoms with van der Waals surface area (Å²) in [6.07, 6.45) is -2.08. The van der Waals surface area contributed by atoms with Gasteiger partial charge in [-0.3, -0.25) is 9.78 Å². The quantitative estimate of drug-likeness (QED) is 0.475. The Morgan fingerprint density at radius 2 is 1.67 bits per heavy atom. The molecule has 0 bridgehead atoms. The van der Waals surface area contributed by atoms with E-state index in [-0.39, 0.29) is 5.91 Å². The first-order valence-corrected chi connectivity index (χ1v) is 10.8. The van der Waals surface area contributed by atoms with Crippen LogP contribution < -0.4 is 11.1 Å². The molecule has 1 aliphatic carbocycles. The molecule has 0 spiro atoms. The normalized spacial score (nSPS) is 15.2. The first-order chi connectivity index (χ1) is 15.4. The van der Waals surface area contributed by atoms with Gasteiger partial charge in [-0.05, 0) is 68.1 Å². The molecular weight excluding hydrogens is 451 g/mol. The van der Waals surface area contributed by atoms with Gasteiger partial charge in [-0.1, -0.05) is 35.9 Å². The second-order valence-corrected chi connectivity index (χ2v) is 9.40. The highest BCUT2D eigenvalue weighted by Crippen LogP contribution is 2.46. The number of halogens is 4. The summed E-state index contributed by atoms with van der Waals surface area (Å²) < 4.78 is 39.6. The summed E-state index contributed by atoms with van der Waals surface area (Å²) in [6, 6.07) is 15.1. The van der Waals surface area contributed by atoms with Crippen LogP contribution in [-0.4, -0.2) is 10.9 Å². The second-order valence-electron chi connectivity index (χ2n) is 8.96. The fourth-order valence-corrected chi connectivity index (χ4v) is 3.92. The Kier molecular flexibility index (Phi) is 5.75. The summed E-state index contributed by atoms with van der Waals surface area (Å²) >= 11 is 5.89. The summed E-state index contributed by atoms with van der Waals surface area (Å²) in [5.74, 6) is -0.190. The van der Waals surface area contributed by atoms with Crippen molar-refractivity contribution in [3.05, 3.63) is 88.1 Å².